The van der Waals surface area contributed by atoms with Crippen molar-refractivity contribution in [2.75, 3.05) is 25.2 Å². The lowest BCUT2D eigenvalue weighted by Gasteiger charge is -2.51. The SMILES string of the molecule is COC1CC(NC(=NCC2CCS(=O)(=O)C2)NC2CCCCC2)C1(C)C.I. The van der Waals surface area contributed by atoms with Crippen LogP contribution in [0, 0.1) is 11.3 Å². The summed E-state index contributed by atoms with van der Waals surface area (Å²) in [5.41, 5.74) is 0.0699. The molecule has 0 amide bonds. The predicted molar refractivity (Wildman–Crippen MR) is 121 cm³/mol. The Hall–Kier alpha value is -0.0900. The second-order valence-corrected chi connectivity index (χ2v) is 11.1. The van der Waals surface area contributed by atoms with Crippen LogP contribution >= 0.6 is 24.0 Å². The van der Waals surface area contributed by atoms with Crippen molar-refractivity contribution in [2.24, 2.45) is 16.3 Å². The Morgan fingerprint density at radius 2 is 1.85 bits per heavy atom. The van der Waals surface area contributed by atoms with Crippen molar-refractivity contribution in [3.8, 4) is 0 Å². The molecule has 0 bridgehead atoms. The summed E-state index contributed by atoms with van der Waals surface area (Å²) in [6.07, 6.45) is 8.23. The fraction of sp³-hybridized carbons (Fsp3) is 0.947. The number of nitrogens with one attached hydrogen (secondary N) is 2. The smallest absolute Gasteiger partial charge is 0.191 e. The van der Waals surface area contributed by atoms with Gasteiger partial charge in [-0.2, -0.15) is 0 Å². The van der Waals surface area contributed by atoms with Gasteiger partial charge in [-0.05, 0) is 31.6 Å². The summed E-state index contributed by atoms with van der Waals surface area (Å²) in [6, 6.07) is 0.804. The third-order valence-corrected chi connectivity index (χ3v) is 8.39. The molecule has 8 heteroatoms. The Labute approximate surface area is 181 Å². The molecule has 0 aromatic rings. The zero-order valence-corrected chi connectivity index (χ0v) is 20.0. The highest BCUT2D eigenvalue weighted by Gasteiger charge is 2.49. The van der Waals surface area contributed by atoms with Gasteiger partial charge in [-0.25, -0.2) is 8.42 Å². The first-order valence-corrected chi connectivity index (χ1v) is 11.9. The third kappa shape index (κ3) is 5.95. The maximum atomic E-state index is 11.7. The van der Waals surface area contributed by atoms with Gasteiger partial charge in [-0.15, -0.1) is 24.0 Å². The van der Waals surface area contributed by atoms with E-state index in [0.29, 0.717) is 24.4 Å². The average molecular weight is 513 g/mol. The summed E-state index contributed by atoms with van der Waals surface area (Å²) in [4.78, 5) is 4.79. The van der Waals surface area contributed by atoms with Crippen molar-refractivity contribution in [3.63, 3.8) is 0 Å². The summed E-state index contributed by atoms with van der Waals surface area (Å²) in [5, 5.41) is 7.23. The Morgan fingerprint density at radius 3 is 2.41 bits per heavy atom. The molecule has 6 nitrogen and oxygen atoms in total. The molecule has 0 radical (unpaired) electrons. The zero-order chi connectivity index (χ0) is 18.8. The second-order valence-electron chi connectivity index (χ2n) is 8.92. The van der Waals surface area contributed by atoms with Gasteiger partial charge in [-0.1, -0.05) is 33.1 Å². The van der Waals surface area contributed by atoms with Crippen LogP contribution in [0.2, 0.25) is 0 Å². The van der Waals surface area contributed by atoms with Crippen LogP contribution in [-0.2, 0) is 14.6 Å². The van der Waals surface area contributed by atoms with Gasteiger partial charge in [0.2, 0.25) is 0 Å². The molecule has 3 aliphatic rings. The molecule has 3 unspecified atom stereocenters. The fourth-order valence-electron chi connectivity index (χ4n) is 4.51. The summed E-state index contributed by atoms with van der Waals surface area (Å²) >= 11 is 0. The van der Waals surface area contributed by atoms with Gasteiger partial charge < -0.3 is 15.4 Å². The van der Waals surface area contributed by atoms with Crippen molar-refractivity contribution in [1.29, 1.82) is 0 Å². The number of nitrogens with zero attached hydrogens (tertiary/aromatic N) is 1. The van der Waals surface area contributed by atoms with Crippen LogP contribution in [0.4, 0.5) is 0 Å². The summed E-state index contributed by atoms with van der Waals surface area (Å²) in [5.74, 6) is 1.62. The second kappa shape index (κ2) is 9.61. The van der Waals surface area contributed by atoms with E-state index in [1.807, 2.05) is 0 Å². The van der Waals surface area contributed by atoms with Gasteiger partial charge in [0.25, 0.3) is 0 Å². The topological polar surface area (TPSA) is 79.8 Å². The summed E-state index contributed by atoms with van der Waals surface area (Å²) in [7, 11) is -1.07. The minimum Gasteiger partial charge on any atom is -0.381 e. The molecule has 2 aliphatic carbocycles. The van der Waals surface area contributed by atoms with Gasteiger partial charge in [0.05, 0.1) is 17.6 Å². The maximum absolute atomic E-state index is 11.7. The molecule has 3 rings (SSSR count). The van der Waals surface area contributed by atoms with Crippen LogP contribution in [0.1, 0.15) is 58.8 Å². The summed E-state index contributed by atoms with van der Waals surface area (Å²) in [6.45, 7) is 5.04. The molecule has 0 aromatic carbocycles. The van der Waals surface area contributed by atoms with E-state index in [2.05, 4.69) is 24.5 Å². The Morgan fingerprint density at radius 1 is 1.15 bits per heavy atom. The molecule has 1 heterocycles. The summed E-state index contributed by atoms with van der Waals surface area (Å²) < 4.78 is 29.0. The van der Waals surface area contributed by atoms with E-state index in [4.69, 9.17) is 9.73 Å². The lowest BCUT2D eigenvalue weighted by Crippen LogP contribution is -2.64. The molecule has 1 aliphatic heterocycles. The Kier molecular flexibility index (Phi) is 8.25. The molecule has 3 atom stereocenters. The van der Waals surface area contributed by atoms with Gasteiger partial charge in [-0.3, -0.25) is 4.99 Å². The number of rotatable bonds is 5. The number of ether oxygens (including phenoxy) is 1. The van der Waals surface area contributed by atoms with Crippen LogP contribution in [0.5, 0.6) is 0 Å². The Bertz CT molecular complexity index is 618. The van der Waals surface area contributed by atoms with E-state index in [9.17, 15) is 8.42 Å². The number of guanidine groups is 1. The highest BCUT2D eigenvalue weighted by Crippen LogP contribution is 2.42. The lowest BCUT2D eigenvalue weighted by atomic mass is 9.64. The number of methoxy groups -OCH3 is 1. The number of halogens is 1. The largest absolute Gasteiger partial charge is 0.381 e. The Balaban J connectivity index is 0.00000261. The van der Waals surface area contributed by atoms with Gasteiger partial charge in [0.1, 0.15) is 0 Å². The predicted octanol–water partition coefficient (Wildman–Crippen LogP) is 2.72. The first kappa shape index (κ1) is 23.2. The molecule has 1 saturated heterocycles. The highest BCUT2D eigenvalue weighted by molar-refractivity contribution is 14.0. The van der Waals surface area contributed by atoms with Crippen LogP contribution < -0.4 is 10.6 Å². The first-order chi connectivity index (χ1) is 12.3. The van der Waals surface area contributed by atoms with E-state index >= 15 is 0 Å². The number of sulfone groups is 1. The van der Waals surface area contributed by atoms with E-state index in [1.165, 1.54) is 32.1 Å². The van der Waals surface area contributed by atoms with Crippen molar-refractivity contribution < 1.29 is 13.2 Å². The van der Waals surface area contributed by atoms with E-state index in [-0.39, 0.29) is 47.2 Å². The van der Waals surface area contributed by atoms with E-state index in [0.717, 1.165) is 18.8 Å². The van der Waals surface area contributed by atoms with E-state index < -0.39 is 9.84 Å². The standard InChI is InChI=1S/C19H35N3O3S.HI/c1-19(2)16(11-17(19)25-3)22-18(21-15-7-5-4-6-8-15)20-12-14-9-10-26(23,24)13-14;/h14-17H,4-13H2,1-3H3,(H2,20,21,22);1H. The zero-order valence-electron chi connectivity index (χ0n) is 16.9. The molecule has 2 saturated carbocycles. The number of hydrogen-bond acceptors (Lipinski definition) is 4. The molecule has 27 heavy (non-hydrogen) atoms. The molecular weight excluding hydrogens is 477 g/mol. The third-order valence-electron chi connectivity index (χ3n) is 6.55. The monoisotopic (exact) mass is 513 g/mol. The lowest BCUT2D eigenvalue weighted by molar-refractivity contribution is -0.0923. The highest BCUT2D eigenvalue weighted by atomic mass is 127. The van der Waals surface area contributed by atoms with Crippen molar-refractivity contribution >= 4 is 39.8 Å². The average Bonchev–Trinajstić information content (AvgIpc) is 2.95. The maximum Gasteiger partial charge on any atom is 0.191 e. The van der Waals surface area contributed by atoms with Crippen molar-refractivity contribution in [2.45, 2.75) is 77.0 Å². The van der Waals surface area contributed by atoms with Gasteiger partial charge in [0.15, 0.2) is 15.8 Å². The number of hydrogen-bond donors (Lipinski definition) is 2. The molecule has 158 valence electrons. The number of aliphatic imine (C=N–C) groups is 1. The van der Waals surface area contributed by atoms with Gasteiger partial charge >= 0.3 is 0 Å². The van der Waals surface area contributed by atoms with Crippen LogP contribution in [0.15, 0.2) is 4.99 Å². The normalized spacial score (nSPS) is 33.0. The quantitative estimate of drug-likeness (QED) is 0.336. The van der Waals surface area contributed by atoms with Crippen molar-refractivity contribution in [3.05, 3.63) is 0 Å². The van der Waals surface area contributed by atoms with Crippen LogP contribution in [-0.4, -0.2) is 57.7 Å². The minimum absolute atomic E-state index is 0. The molecule has 0 spiro atoms. The molecule has 0 aromatic heterocycles. The molecule has 3 fully saturated rings. The van der Waals surface area contributed by atoms with Crippen LogP contribution in [0.25, 0.3) is 0 Å². The fourth-order valence-corrected chi connectivity index (χ4v) is 6.35. The minimum atomic E-state index is -2.84. The first-order valence-electron chi connectivity index (χ1n) is 10.1. The van der Waals surface area contributed by atoms with E-state index in [1.54, 1.807) is 7.11 Å². The van der Waals surface area contributed by atoms with Crippen LogP contribution in [0.3, 0.4) is 0 Å². The molecular formula is C19H36IN3O3S. The van der Waals surface area contributed by atoms with Gasteiger partial charge in [0, 0.05) is 31.2 Å². The molecule has 2 N–H and O–H groups in total. The van der Waals surface area contributed by atoms with Crippen molar-refractivity contribution in [1.82, 2.24) is 10.6 Å².